The molecule has 0 spiro atoms. The maximum Gasteiger partial charge on any atom is 0.290 e. The predicted octanol–water partition coefficient (Wildman–Crippen LogP) is 0.514. The van der Waals surface area contributed by atoms with Gasteiger partial charge in [-0.15, -0.1) is 0 Å². The molecule has 0 radical (unpaired) electrons. The van der Waals surface area contributed by atoms with E-state index in [1.54, 1.807) is 4.90 Å². The number of likely N-dealkylation sites (N-methyl/N-ethyl adjacent to an activating group) is 1. The number of Topliss-reactive ketones (excluding diaryl/α,β-unsaturated/α-hetero) is 1. The summed E-state index contributed by atoms with van der Waals surface area (Å²) in [4.78, 5) is 27.2. The highest BCUT2D eigenvalue weighted by Gasteiger charge is 2.42. The molecule has 1 aromatic rings. The quantitative estimate of drug-likeness (QED) is 0.763. The van der Waals surface area contributed by atoms with E-state index in [1.807, 2.05) is 45.3 Å². The second kappa shape index (κ2) is 7.49. The van der Waals surface area contributed by atoms with Crippen molar-refractivity contribution in [2.45, 2.75) is 19.9 Å². The van der Waals surface area contributed by atoms with Crippen LogP contribution in [0.2, 0.25) is 0 Å². The Morgan fingerprint density at radius 1 is 1.29 bits per heavy atom. The first-order chi connectivity index (χ1) is 11.4. The van der Waals surface area contributed by atoms with E-state index in [1.165, 1.54) is 11.8 Å². The number of rotatable bonds is 7. The van der Waals surface area contributed by atoms with Gasteiger partial charge in [0.25, 0.3) is 5.91 Å². The van der Waals surface area contributed by atoms with Crippen LogP contribution in [0.25, 0.3) is 0 Å². The summed E-state index contributed by atoms with van der Waals surface area (Å²) < 4.78 is 5.43. The fourth-order valence-corrected chi connectivity index (χ4v) is 2.85. The third-order valence-corrected chi connectivity index (χ3v) is 4.04. The Balaban J connectivity index is 2.38. The van der Waals surface area contributed by atoms with Gasteiger partial charge in [0.05, 0.1) is 45.4 Å². The smallest absolute Gasteiger partial charge is 0.290 e. The van der Waals surface area contributed by atoms with Crippen molar-refractivity contribution < 1.29 is 24.3 Å². The van der Waals surface area contributed by atoms with Crippen molar-refractivity contribution in [3.63, 3.8) is 0 Å². The fourth-order valence-electron chi connectivity index (χ4n) is 2.85. The van der Waals surface area contributed by atoms with Crippen LogP contribution in [-0.2, 0) is 9.59 Å². The summed E-state index contributed by atoms with van der Waals surface area (Å²) in [5.74, 6) is -0.484. The Kier molecular flexibility index (Phi) is 5.62. The van der Waals surface area contributed by atoms with Crippen LogP contribution in [0.3, 0.4) is 0 Å². The average molecular weight is 333 g/mol. The van der Waals surface area contributed by atoms with Crippen LogP contribution in [0, 0.1) is 0 Å². The molecule has 0 fully saturated rings. The Morgan fingerprint density at radius 2 is 1.92 bits per heavy atom. The zero-order valence-corrected chi connectivity index (χ0v) is 14.6. The van der Waals surface area contributed by atoms with Crippen LogP contribution >= 0.6 is 0 Å². The molecule has 24 heavy (non-hydrogen) atoms. The summed E-state index contributed by atoms with van der Waals surface area (Å²) in [6.45, 7) is 5.03. The summed E-state index contributed by atoms with van der Waals surface area (Å²) >= 11 is 0. The number of nitrogens with zero attached hydrogens (tertiary/aromatic N) is 1. The van der Waals surface area contributed by atoms with Crippen molar-refractivity contribution in [2.24, 2.45) is 0 Å². The molecule has 1 heterocycles. The SMILES string of the molecule is CCOc1ccc([C@H]2C(C(C)=O)=C(O)C(=O)N2CC[NH+](C)C)cc1. The molecule has 1 aromatic carbocycles. The number of quaternary nitrogens is 1. The first-order valence-electron chi connectivity index (χ1n) is 8.13. The lowest BCUT2D eigenvalue weighted by molar-refractivity contribution is -0.857. The van der Waals surface area contributed by atoms with E-state index in [0.29, 0.717) is 13.2 Å². The lowest BCUT2D eigenvalue weighted by Crippen LogP contribution is -3.06. The van der Waals surface area contributed by atoms with Gasteiger partial charge in [-0.05, 0) is 31.5 Å². The van der Waals surface area contributed by atoms with Gasteiger partial charge in [-0.3, -0.25) is 9.59 Å². The van der Waals surface area contributed by atoms with Crippen molar-refractivity contribution >= 4 is 11.7 Å². The van der Waals surface area contributed by atoms with Crippen LogP contribution < -0.4 is 9.64 Å². The molecule has 1 aliphatic heterocycles. The van der Waals surface area contributed by atoms with Gasteiger partial charge in [0.1, 0.15) is 5.75 Å². The number of carbonyl (C=O) groups excluding carboxylic acids is 2. The van der Waals surface area contributed by atoms with Crippen molar-refractivity contribution in [1.82, 2.24) is 4.90 Å². The summed E-state index contributed by atoms with van der Waals surface area (Å²) in [6, 6.07) is 6.74. The minimum Gasteiger partial charge on any atom is -0.503 e. The molecular formula is C18H25N2O4+. The largest absolute Gasteiger partial charge is 0.503 e. The molecule has 0 saturated heterocycles. The Bertz CT molecular complexity index is 649. The molecule has 130 valence electrons. The van der Waals surface area contributed by atoms with Crippen LogP contribution in [-0.4, -0.2) is 55.5 Å². The van der Waals surface area contributed by atoms with Gasteiger partial charge in [-0.25, -0.2) is 0 Å². The molecule has 1 atom stereocenters. The summed E-state index contributed by atoms with van der Waals surface area (Å²) in [5.41, 5.74) is 0.952. The zero-order valence-electron chi connectivity index (χ0n) is 14.6. The van der Waals surface area contributed by atoms with Crippen molar-refractivity contribution in [1.29, 1.82) is 0 Å². The third kappa shape index (κ3) is 3.59. The predicted molar refractivity (Wildman–Crippen MR) is 90.1 cm³/mol. The van der Waals surface area contributed by atoms with Crippen LogP contribution in [0.15, 0.2) is 35.6 Å². The standard InChI is InChI=1S/C18H24N2O4/c1-5-24-14-8-6-13(7-9-14)16-15(12(2)21)17(22)18(23)20(16)11-10-19(3)4/h6-9,16,22H,5,10-11H2,1-4H3/p+1/t16-/m0/s1. The Labute approximate surface area is 142 Å². The van der Waals surface area contributed by atoms with Crippen molar-refractivity contribution in [3.8, 4) is 5.75 Å². The Hall–Kier alpha value is -2.34. The number of amides is 1. The van der Waals surface area contributed by atoms with E-state index in [2.05, 4.69) is 0 Å². The molecule has 2 rings (SSSR count). The number of ether oxygens (including phenoxy) is 1. The fraction of sp³-hybridized carbons (Fsp3) is 0.444. The number of hydrogen-bond acceptors (Lipinski definition) is 4. The van der Waals surface area contributed by atoms with Crippen LogP contribution in [0.1, 0.15) is 25.5 Å². The Morgan fingerprint density at radius 3 is 2.42 bits per heavy atom. The van der Waals surface area contributed by atoms with E-state index < -0.39 is 17.7 Å². The van der Waals surface area contributed by atoms with Crippen molar-refractivity contribution in [2.75, 3.05) is 33.8 Å². The molecule has 0 saturated carbocycles. The number of ketones is 1. The number of carbonyl (C=O) groups is 2. The van der Waals surface area contributed by atoms with Gasteiger partial charge < -0.3 is 19.6 Å². The highest BCUT2D eigenvalue weighted by molar-refractivity contribution is 6.08. The monoisotopic (exact) mass is 333 g/mol. The maximum absolute atomic E-state index is 12.4. The van der Waals surface area contributed by atoms with Crippen LogP contribution in [0.4, 0.5) is 0 Å². The van der Waals surface area contributed by atoms with Crippen LogP contribution in [0.5, 0.6) is 5.75 Å². The second-order valence-corrected chi connectivity index (χ2v) is 6.18. The zero-order chi connectivity index (χ0) is 17.9. The minimum atomic E-state index is -0.551. The van der Waals surface area contributed by atoms with E-state index in [0.717, 1.165) is 17.9 Å². The molecular weight excluding hydrogens is 308 g/mol. The molecule has 2 N–H and O–H groups in total. The van der Waals surface area contributed by atoms with E-state index in [-0.39, 0.29) is 11.4 Å². The first kappa shape index (κ1) is 18.0. The van der Waals surface area contributed by atoms with E-state index in [9.17, 15) is 14.7 Å². The van der Waals surface area contributed by atoms with Gasteiger partial charge in [-0.2, -0.15) is 0 Å². The highest BCUT2D eigenvalue weighted by atomic mass is 16.5. The van der Waals surface area contributed by atoms with Gasteiger partial charge in [0, 0.05) is 0 Å². The minimum absolute atomic E-state index is 0.165. The van der Waals surface area contributed by atoms with E-state index >= 15 is 0 Å². The topological polar surface area (TPSA) is 71.3 Å². The van der Waals surface area contributed by atoms with Gasteiger partial charge in [0.2, 0.25) is 0 Å². The summed E-state index contributed by atoms with van der Waals surface area (Å²) in [7, 11) is 3.98. The lowest BCUT2D eigenvalue weighted by atomic mass is 9.96. The second-order valence-electron chi connectivity index (χ2n) is 6.18. The molecule has 1 aliphatic rings. The van der Waals surface area contributed by atoms with Gasteiger partial charge >= 0.3 is 0 Å². The van der Waals surface area contributed by atoms with E-state index in [4.69, 9.17) is 4.74 Å². The molecule has 0 aliphatic carbocycles. The maximum atomic E-state index is 12.4. The lowest BCUT2D eigenvalue weighted by Gasteiger charge is -2.27. The molecule has 6 heteroatoms. The molecule has 0 unspecified atom stereocenters. The van der Waals surface area contributed by atoms with Gasteiger partial charge in [-0.1, -0.05) is 12.1 Å². The first-order valence-corrected chi connectivity index (χ1v) is 8.13. The third-order valence-electron chi connectivity index (χ3n) is 4.04. The number of aliphatic hydroxyl groups is 1. The molecule has 6 nitrogen and oxygen atoms in total. The molecule has 1 amide bonds. The normalized spacial score (nSPS) is 17.8. The number of benzene rings is 1. The summed E-state index contributed by atoms with van der Waals surface area (Å²) in [5, 5.41) is 10.2. The average Bonchev–Trinajstić information content (AvgIpc) is 2.78. The van der Waals surface area contributed by atoms with Crippen molar-refractivity contribution in [3.05, 3.63) is 41.2 Å². The highest BCUT2D eigenvalue weighted by Crippen LogP contribution is 2.37. The number of nitrogens with one attached hydrogen (secondary N) is 1. The molecule has 0 bridgehead atoms. The summed E-state index contributed by atoms with van der Waals surface area (Å²) in [6.07, 6.45) is 0. The number of hydrogen-bond donors (Lipinski definition) is 2. The number of aliphatic hydroxyl groups excluding tert-OH is 1. The van der Waals surface area contributed by atoms with Gasteiger partial charge in [0.15, 0.2) is 11.5 Å². The molecule has 0 aromatic heterocycles.